The molecule has 0 saturated heterocycles. The second-order valence-electron chi connectivity index (χ2n) is 4.86. The molecule has 0 amide bonds. The highest BCUT2D eigenvalue weighted by atomic mass is 16.5. The molecule has 15 heavy (non-hydrogen) atoms. The molecule has 0 heterocycles. The molecule has 0 aromatic rings. The summed E-state index contributed by atoms with van der Waals surface area (Å²) in [7, 11) is 1.69. The lowest BCUT2D eigenvalue weighted by molar-refractivity contribution is 0.0261. The molecule has 0 spiro atoms. The zero-order chi connectivity index (χ0) is 11.7. The Morgan fingerprint density at radius 1 is 1.13 bits per heavy atom. The summed E-state index contributed by atoms with van der Waals surface area (Å²) in [4.78, 5) is 0. The predicted octanol–water partition coefficient (Wildman–Crippen LogP) is 1.82. The van der Waals surface area contributed by atoms with Crippen molar-refractivity contribution in [2.45, 2.75) is 39.5 Å². The Kier molecular flexibility index (Phi) is 8.02. The summed E-state index contributed by atoms with van der Waals surface area (Å²) < 4.78 is 4.98. The number of ether oxygens (including phenoxy) is 1. The molecule has 0 bridgehead atoms. The first kappa shape index (κ1) is 14.9. The van der Waals surface area contributed by atoms with Crippen molar-refractivity contribution in [3.8, 4) is 0 Å². The fourth-order valence-corrected chi connectivity index (χ4v) is 2.05. The van der Waals surface area contributed by atoms with E-state index in [0.29, 0.717) is 5.92 Å². The van der Waals surface area contributed by atoms with Gasteiger partial charge < -0.3 is 14.9 Å². The summed E-state index contributed by atoms with van der Waals surface area (Å²) in [5.41, 5.74) is -0.290. The monoisotopic (exact) mass is 218 g/mol. The number of hydrogen-bond donors (Lipinski definition) is 2. The van der Waals surface area contributed by atoms with Gasteiger partial charge in [0.1, 0.15) is 0 Å². The van der Waals surface area contributed by atoms with Crippen LogP contribution in [-0.4, -0.2) is 37.1 Å². The summed E-state index contributed by atoms with van der Waals surface area (Å²) >= 11 is 0. The van der Waals surface area contributed by atoms with Crippen molar-refractivity contribution in [2.75, 3.05) is 26.9 Å². The first-order chi connectivity index (χ1) is 7.10. The molecular formula is C12H26O3. The molecule has 0 atom stereocenters. The Morgan fingerprint density at radius 2 is 1.73 bits per heavy atom. The second kappa shape index (κ2) is 8.08. The van der Waals surface area contributed by atoms with Crippen molar-refractivity contribution in [1.29, 1.82) is 0 Å². The minimum atomic E-state index is -0.290. The highest BCUT2D eigenvalue weighted by molar-refractivity contribution is 4.79. The standard InChI is InChI=1S/C12H26O3/c1-11(2)8-12(9-13,10-14)6-4-5-7-15-3/h11,13-14H,4-10H2,1-3H3. The van der Waals surface area contributed by atoms with Crippen LogP contribution in [0.3, 0.4) is 0 Å². The van der Waals surface area contributed by atoms with E-state index in [1.54, 1.807) is 7.11 Å². The number of aliphatic hydroxyl groups is 2. The van der Waals surface area contributed by atoms with Gasteiger partial charge in [0.2, 0.25) is 0 Å². The molecule has 0 aliphatic rings. The average molecular weight is 218 g/mol. The van der Waals surface area contributed by atoms with Gasteiger partial charge in [-0.1, -0.05) is 20.3 Å². The van der Waals surface area contributed by atoms with Crippen LogP contribution < -0.4 is 0 Å². The van der Waals surface area contributed by atoms with Gasteiger partial charge in [0, 0.05) is 19.1 Å². The summed E-state index contributed by atoms with van der Waals surface area (Å²) in [5.74, 6) is 0.506. The van der Waals surface area contributed by atoms with Crippen molar-refractivity contribution in [2.24, 2.45) is 11.3 Å². The van der Waals surface area contributed by atoms with E-state index in [4.69, 9.17) is 4.74 Å². The Balaban J connectivity index is 4.00. The third kappa shape index (κ3) is 6.13. The number of hydrogen-bond acceptors (Lipinski definition) is 3. The van der Waals surface area contributed by atoms with Crippen LogP contribution in [-0.2, 0) is 4.74 Å². The molecule has 0 fully saturated rings. The molecule has 2 N–H and O–H groups in total. The number of aliphatic hydroxyl groups excluding tert-OH is 2. The van der Waals surface area contributed by atoms with E-state index in [1.807, 2.05) is 0 Å². The molecule has 0 aromatic carbocycles. The first-order valence-electron chi connectivity index (χ1n) is 5.81. The lowest BCUT2D eigenvalue weighted by atomic mass is 9.77. The summed E-state index contributed by atoms with van der Waals surface area (Å²) in [6.45, 7) is 5.16. The fraction of sp³-hybridized carbons (Fsp3) is 1.00. The van der Waals surface area contributed by atoms with Crippen LogP contribution in [0.15, 0.2) is 0 Å². The van der Waals surface area contributed by atoms with Crippen molar-refractivity contribution in [1.82, 2.24) is 0 Å². The van der Waals surface area contributed by atoms with Crippen molar-refractivity contribution < 1.29 is 14.9 Å². The van der Waals surface area contributed by atoms with E-state index < -0.39 is 0 Å². The van der Waals surface area contributed by atoms with Gasteiger partial charge in [-0.05, 0) is 25.2 Å². The SMILES string of the molecule is COCCCCC(CO)(CO)CC(C)C. The maximum Gasteiger partial charge on any atom is 0.0509 e. The summed E-state index contributed by atoms with van der Waals surface area (Å²) in [6.07, 6.45) is 3.76. The molecule has 0 rings (SSSR count). The fourth-order valence-electron chi connectivity index (χ4n) is 2.05. The second-order valence-corrected chi connectivity index (χ2v) is 4.86. The molecule has 0 saturated carbocycles. The summed E-state index contributed by atoms with van der Waals surface area (Å²) in [5, 5.41) is 18.8. The smallest absolute Gasteiger partial charge is 0.0509 e. The van der Waals surface area contributed by atoms with Gasteiger partial charge in [0.25, 0.3) is 0 Å². The van der Waals surface area contributed by atoms with Gasteiger partial charge in [-0.2, -0.15) is 0 Å². The van der Waals surface area contributed by atoms with E-state index in [-0.39, 0.29) is 18.6 Å². The third-order valence-electron chi connectivity index (χ3n) is 2.82. The average Bonchev–Trinajstić information content (AvgIpc) is 2.22. The molecular weight excluding hydrogens is 192 g/mol. The van der Waals surface area contributed by atoms with Gasteiger partial charge in [-0.15, -0.1) is 0 Å². The summed E-state index contributed by atoms with van der Waals surface area (Å²) in [6, 6.07) is 0. The highest BCUT2D eigenvalue weighted by Crippen LogP contribution is 2.31. The Bertz CT molecular complexity index is 142. The molecule has 0 aliphatic carbocycles. The van der Waals surface area contributed by atoms with Crippen LogP contribution in [0.4, 0.5) is 0 Å². The van der Waals surface area contributed by atoms with Gasteiger partial charge in [0.15, 0.2) is 0 Å². The van der Waals surface area contributed by atoms with Crippen LogP contribution in [0.1, 0.15) is 39.5 Å². The molecule has 0 aliphatic heterocycles. The van der Waals surface area contributed by atoms with Gasteiger partial charge in [0.05, 0.1) is 13.2 Å². The quantitative estimate of drug-likeness (QED) is 0.580. The van der Waals surface area contributed by atoms with Crippen LogP contribution in [0.5, 0.6) is 0 Å². The van der Waals surface area contributed by atoms with Crippen LogP contribution in [0.2, 0.25) is 0 Å². The number of rotatable bonds is 9. The normalized spacial score (nSPS) is 12.4. The van der Waals surface area contributed by atoms with Crippen molar-refractivity contribution in [3.63, 3.8) is 0 Å². The number of methoxy groups -OCH3 is 1. The molecule has 0 radical (unpaired) electrons. The minimum Gasteiger partial charge on any atom is -0.396 e. The third-order valence-corrected chi connectivity index (χ3v) is 2.82. The van der Waals surface area contributed by atoms with E-state index in [2.05, 4.69) is 13.8 Å². The van der Waals surface area contributed by atoms with Gasteiger partial charge in [-0.3, -0.25) is 0 Å². The van der Waals surface area contributed by atoms with Crippen LogP contribution in [0, 0.1) is 11.3 Å². The topological polar surface area (TPSA) is 49.7 Å². The highest BCUT2D eigenvalue weighted by Gasteiger charge is 2.28. The van der Waals surface area contributed by atoms with Crippen LogP contribution in [0.25, 0.3) is 0 Å². The lowest BCUT2D eigenvalue weighted by Gasteiger charge is -2.31. The maximum absolute atomic E-state index is 9.39. The maximum atomic E-state index is 9.39. The molecule has 0 unspecified atom stereocenters. The molecule has 0 aromatic heterocycles. The Hall–Kier alpha value is -0.120. The number of unbranched alkanes of at least 4 members (excludes halogenated alkanes) is 1. The van der Waals surface area contributed by atoms with E-state index in [9.17, 15) is 10.2 Å². The van der Waals surface area contributed by atoms with E-state index in [1.165, 1.54) is 0 Å². The van der Waals surface area contributed by atoms with E-state index in [0.717, 1.165) is 32.3 Å². The van der Waals surface area contributed by atoms with Crippen molar-refractivity contribution in [3.05, 3.63) is 0 Å². The minimum absolute atomic E-state index is 0.0780. The van der Waals surface area contributed by atoms with Gasteiger partial charge >= 0.3 is 0 Å². The zero-order valence-electron chi connectivity index (χ0n) is 10.3. The van der Waals surface area contributed by atoms with Gasteiger partial charge in [-0.25, -0.2) is 0 Å². The largest absolute Gasteiger partial charge is 0.396 e. The Labute approximate surface area is 93.5 Å². The lowest BCUT2D eigenvalue weighted by Crippen LogP contribution is -2.31. The van der Waals surface area contributed by atoms with E-state index >= 15 is 0 Å². The molecule has 92 valence electrons. The van der Waals surface area contributed by atoms with Crippen molar-refractivity contribution >= 4 is 0 Å². The molecule has 3 nitrogen and oxygen atoms in total. The predicted molar refractivity (Wildman–Crippen MR) is 61.8 cm³/mol. The first-order valence-corrected chi connectivity index (χ1v) is 5.81. The Morgan fingerprint density at radius 3 is 2.13 bits per heavy atom. The zero-order valence-corrected chi connectivity index (χ0v) is 10.3. The van der Waals surface area contributed by atoms with Crippen LogP contribution >= 0.6 is 0 Å². The molecule has 3 heteroatoms.